The van der Waals surface area contributed by atoms with Crippen molar-refractivity contribution in [2.45, 2.75) is 43.0 Å². The lowest BCUT2D eigenvalue weighted by molar-refractivity contribution is 0.679. The molecule has 4 rings (SSSR count). The highest BCUT2D eigenvalue weighted by atomic mass is 32.2. The van der Waals surface area contributed by atoms with Gasteiger partial charge in [0.05, 0.1) is 6.04 Å². The number of benzene rings is 2. The van der Waals surface area contributed by atoms with Gasteiger partial charge in [0.1, 0.15) is 0 Å². The van der Waals surface area contributed by atoms with Gasteiger partial charge in [0.25, 0.3) is 0 Å². The van der Waals surface area contributed by atoms with E-state index in [1.54, 1.807) is 11.1 Å². The van der Waals surface area contributed by atoms with Gasteiger partial charge in [-0.3, -0.25) is 0 Å². The molecule has 1 aliphatic carbocycles. The van der Waals surface area contributed by atoms with Gasteiger partial charge in [0.15, 0.2) is 0 Å². The highest BCUT2D eigenvalue weighted by Crippen LogP contribution is 2.39. The van der Waals surface area contributed by atoms with E-state index in [4.69, 9.17) is 0 Å². The van der Waals surface area contributed by atoms with Crippen LogP contribution in [-0.4, -0.2) is 5.75 Å². The Labute approximate surface area is 131 Å². The number of anilines is 1. The molecule has 1 unspecified atom stereocenters. The first-order chi connectivity index (χ1) is 10.4. The average molecular weight is 295 g/mol. The first-order valence-corrected chi connectivity index (χ1v) is 8.99. The van der Waals surface area contributed by atoms with Gasteiger partial charge >= 0.3 is 0 Å². The normalized spacial score (nSPS) is 20.5. The zero-order valence-corrected chi connectivity index (χ0v) is 13.1. The fourth-order valence-corrected chi connectivity index (χ4v) is 4.72. The van der Waals surface area contributed by atoms with Crippen molar-refractivity contribution in [2.75, 3.05) is 11.1 Å². The van der Waals surface area contributed by atoms with Crippen LogP contribution in [0.3, 0.4) is 0 Å². The van der Waals surface area contributed by atoms with Gasteiger partial charge < -0.3 is 5.32 Å². The molecule has 1 atom stereocenters. The molecular weight excluding hydrogens is 274 g/mol. The highest BCUT2D eigenvalue weighted by Gasteiger charge is 2.21. The average Bonchev–Trinajstić information content (AvgIpc) is 2.56. The molecule has 0 radical (unpaired) electrons. The second-order valence-corrected chi connectivity index (χ2v) is 7.16. The summed E-state index contributed by atoms with van der Waals surface area (Å²) in [4.78, 5) is 1.45. The molecule has 0 amide bonds. The molecule has 0 bridgehead atoms. The van der Waals surface area contributed by atoms with E-state index in [2.05, 4.69) is 47.8 Å². The van der Waals surface area contributed by atoms with Crippen LogP contribution in [0.15, 0.2) is 47.4 Å². The van der Waals surface area contributed by atoms with E-state index in [-0.39, 0.29) is 0 Å². The fourth-order valence-electron chi connectivity index (χ4n) is 3.60. The third-order valence-electron chi connectivity index (χ3n) is 4.68. The van der Waals surface area contributed by atoms with E-state index in [1.165, 1.54) is 54.0 Å². The molecule has 108 valence electrons. The number of rotatable bonds is 2. The van der Waals surface area contributed by atoms with Crippen LogP contribution in [0, 0.1) is 0 Å². The molecule has 0 spiro atoms. The minimum Gasteiger partial charge on any atom is -0.378 e. The van der Waals surface area contributed by atoms with Crippen LogP contribution in [0.5, 0.6) is 0 Å². The lowest BCUT2D eigenvalue weighted by Crippen LogP contribution is -2.18. The predicted molar refractivity (Wildman–Crippen MR) is 91.2 cm³/mol. The summed E-state index contributed by atoms with van der Waals surface area (Å²) in [5.41, 5.74) is 5.98. The first kappa shape index (κ1) is 13.3. The molecule has 2 heteroatoms. The monoisotopic (exact) mass is 295 g/mol. The zero-order chi connectivity index (χ0) is 14.1. The molecule has 2 aromatic rings. The van der Waals surface area contributed by atoms with E-state index < -0.39 is 0 Å². The van der Waals surface area contributed by atoms with E-state index >= 15 is 0 Å². The smallest absolute Gasteiger partial charge is 0.0532 e. The van der Waals surface area contributed by atoms with Crippen LogP contribution < -0.4 is 5.32 Å². The molecule has 2 aromatic carbocycles. The molecule has 1 aliphatic heterocycles. The SMILES string of the molecule is c1cc2c(c(NC3CCSc4ccccc43)c1)CCCC2. The second-order valence-electron chi connectivity index (χ2n) is 6.02. The Balaban J connectivity index is 1.66. The molecule has 0 aromatic heterocycles. The molecule has 1 heterocycles. The fraction of sp³-hybridized carbons (Fsp3) is 0.368. The lowest BCUT2D eigenvalue weighted by Gasteiger charge is -2.29. The predicted octanol–water partition coefficient (Wildman–Crippen LogP) is 5.21. The summed E-state index contributed by atoms with van der Waals surface area (Å²) in [6.07, 6.45) is 6.39. The van der Waals surface area contributed by atoms with Crippen LogP contribution in [0.4, 0.5) is 5.69 Å². The van der Waals surface area contributed by atoms with Gasteiger partial charge in [-0.1, -0.05) is 30.3 Å². The topological polar surface area (TPSA) is 12.0 Å². The van der Waals surface area contributed by atoms with Gasteiger partial charge in [-0.2, -0.15) is 0 Å². The van der Waals surface area contributed by atoms with Gasteiger partial charge in [-0.05, 0) is 60.9 Å². The summed E-state index contributed by atoms with van der Waals surface area (Å²) in [7, 11) is 0. The van der Waals surface area contributed by atoms with Gasteiger partial charge in [-0.25, -0.2) is 0 Å². The van der Waals surface area contributed by atoms with Crippen molar-refractivity contribution < 1.29 is 0 Å². The van der Waals surface area contributed by atoms with Crippen molar-refractivity contribution in [1.29, 1.82) is 0 Å². The Morgan fingerprint density at radius 2 is 1.86 bits per heavy atom. The van der Waals surface area contributed by atoms with E-state index in [0.29, 0.717) is 6.04 Å². The molecule has 2 aliphatic rings. The van der Waals surface area contributed by atoms with Gasteiger partial charge in [-0.15, -0.1) is 11.8 Å². The second kappa shape index (κ2) is 5.76. The van der Waals surface area contributed by atoms with Crippen LogP contribution in [0.1, 0.15) is 42.0 Å². The summed E-state index contributed by atoms with van der Waals surface area (Å²) in [5.74, 6) is 1.21. The zero-order valence-electron chi connectivity index (χ0n) is 12.3. The summed E-state index contributed by atoms with van der Waals surface area (Å²) in [6, 6.07) is 16.1. The number of fused-ring (bicyclic) bond motifs is 2. The van der Waals surface area contributed by atoms with Crippen LogP contribution in [0.2, 0.25) is 0 Å². The first-order valence-electron chi connectivity index (χ1n) is 8.01. The Hall–Kier alpha value is -1.41. The van der Waals surface area contributed by atoms with E-state index in [1.807, 2.05) is 11.8 Å². The summed E-state index contributed by atoms with van der Waals surface area (Å²) >= 11 is 1.99. The lowest BCUT2D eigenvalue weighted by atomic mass is 9.90. The Bertz CT molecular complexity index is 650. The summed E-state index contributed by atoms with van der Waals surface area (Å²) in [5, 5.41) is 3.85. The number of hydrogen-bond donors (Lipinski definition) is 1. The maximum absolute atomic E-state index is 3.85. The quantitative estimate of drug-likeness (QED) is 0.815. The Morgan fingerprint density at radius 1 is 0.952 bits per heavy atom. The largest absolute Gasteiger partial charge is 0.378 e. The minimum atomic E-state index is 0.468. The summed E-state index contributed by atoms with van der Waals surface area (Å²) in [6.45, 7) is 0. The third-order valence-corrected chi connectivity index (χ3v) is 5.81. The third kappa shape index (κ3) is 2.57. The van der Waals surface area contributed by atoms with Crippen molar-refractivity contribution in [2.24, 2.45) is 0 Å². The molecular formula is C19H21NS. The standard InChI is InChI=1S/C19H21NS/c1-2-8-15-14(6-1)7-5-10-17(15)20-18-12-13-21-19-11-4-3-9-16(18)19/h3-5,7,9-11,18,20H,1-2,6,8,12-13H2. The summed E-state index contributed by atoms with van der Waals surface area (Å²) < 4.78 is 0. The van der Waals surface area contributed by atoms with E-state index in [0.717, 1.165) is 0 Å². The number of nitrogens with one attached hydrogen (secondary N) is 1. The molecule has 1 N–H and O–H groups in total. The van der Waals surface area contributed by atoms with Crippen LogP contribution >= 0.6 is 11.8 Å². The number of aryl methyl sites for hydroxylation is 1. The van der Waals surface area contributed by atoms with Crippen LogP contribution in [-0.2, 0) is 12.8 Å². The molecule has 0 fully saturated rings. The van der Waals surface area contributed by atoms with Crippen molar-refractivity contribution in [3.63, 3.8) is 0 Å². The van der Waals surface area contributed by atoms with Crippen LogP contribution in [0.25, 0.3) is 0 Å². The number of hydrogen-bond acceptors (Lipinski definition) is 2. The molecule has 0 saturated heterocycles. The van der Waals surface area contributed by atoms with Crippen molar-refractivity contribution in [3.05, 3.63) is 59.2 Å². The van der Waals surface area contributed by atoms with Gasteiger partial charge in [0, 0.05) is 16.3 Å². The van der Waals surface area contributed by atoms with Crippen molar-refractivity contribution in [1.82, 2.24) is 0 Å². The molecule has 1 nitrogen and oxygen atoms in total. The number of thioether (sulfide) groups is 1. The van der Waals surface area contributed by atoms with Crippen molar-refractivity contribution >= 4 is 17.4 Å². The molecule has 21 heavy (non-hydrogen) atoms. The maximum atomic E-state index is 3.85. The van der Waals surface area contributed by atoms with Crippen molar-refractivity contribution in [3.8, 4) is 0 Å². The maximum Gasteiger partial charge on any atom is 0.0532 e. The highest BCUT2D eigenvalue weighted by molar-refractivity contribution is 7.99. The Morgan fingerprint density at radius 3 is 2.86 bits per heavy atom. The minimum absolute atomic E-state index is 0.468. The Kier molecular flexibility index (Phi) is 3.64. The van der Waals surface area contributed by atoms with Gasteiger partial charge in [0.2, 0.25) is 0 Å². The van der Waals surface area contributed by atoms with E-state index in [9.17, 15) is 0 Å². The molecule has 0 saturated carbocycles.